The SMILES string of the molecule is CN1CCC(O)C1c1ccc(Cl)c(Cl)c1. The highest BCUT2D eigenvalue weighted by Gasteiger charge is 2.31. The molecule has 0 spiro atoms. The van der Waals surface area contributed by atoms with Crippen LogP contribution >= 0.6 is 23.2 Å². The molecule has 1 aromatic carbocycles. The number of halogens is 2. The molecule has 1 aliphatic heterocycles. The Hall–Kier alpha value is -0.280. The molecule has 1 heterocycles. The van der Waals surface area contributed by atoms with E-state index in [0.717, 1.165) is 18.5 Å². The van der Waals surface area contributed by atoms with Crippen LogP contribution in [0.1, 0.15) is 18.0 Å². The van der Waals surface area contributed by atoms with E-state index in [1.54, 1.807) is 6.07 Å². The average Bonchev–Trinajstić information content (AvgIpc) is 2.52. The Labute approximate surface area is 99.4 Å². The van der Waals surface area contributed by atoms with E-state index in [9.17, 15) is 5.11 Å². The van der Waals surface area contributed by atoms with Crippen molar-refractivity contribution in [3.8, 4) is 0 Å². The molecular weight excluding hydrogens is 233 g/mol. The maximum Gasteiger partial charge on any atom is 0.0749 e. The summed E-state index contributed by atoms with van der Waals surface area (Å²) in [5.41, 5.74) is 1.02. The fourth-order valence-electron chi connectivity index (χ4n) is 2.10. The van der Waals surface area contributed by atoms with Gasteiger partial charge in [-0.05, 0) is 31.2 Å². The van der Waals surface area contributed by atoms with Gasteiger partial charge in [-0.3, -0.25) is 4.90 Å². The third kappa shape index (κ3) is 2.13. The second kappa shape index (κ2) is 4.30. The first-order chi connectivity index (χ1) is 7.09. The quantitative estimate of drug-likeness (QED) is 0.823. The standard InChI is InChI=1S/C11H13Cl2NO/c1-14-5-4-10(15)11(14)7-2-3-8(12)9(13)6-7/h2-3,6,10-11,15H,4-5H2,1H3. The highest BCUT2D eigenvalue weighted by molar-refractivity contribution is 6.42. The summed E-state index contributed by atoms with van der Waals surface area (Å²) in [4.78, 5) is 2.13. The molecule has 2 atom stereocenters. The molecule has 82 valence electrons. The van der Waals surface area contributed by atoms with Crippen molar-refractivity contribution in [3.63, 3.8) is 0 Å². The number of rotatable bonds is 1. The predicted octanol–water partition coefficient (Wildman–Crippen LogP) is 2.73. The molecule has 1 N–H and O–H groups in total. The van der Waals surface area contributed by atoms with Crippen molar-refractivity contribution in [3.05, 3.63) is 33.8 Å². The first-order valence-corrected chi connectivity index (χ1v) is 5.68. The molecule has 1 saturated heterocycles. The van der Waals surface area contributed by atoms with Gasteiger partial charge >= 0.3 is 0 Å². The average molecular weight is 246 g/mol. The van der Waals surface area contributed by atoms with Gasteiger partial charge in [0, 0.05) is 6.54 Å². The van der Waals surface area contributed by atoms with E-state index >= 15 is 0 Å². The van der Waals surface area contributed by atoms with E-state index in [0.29, 0.717) is 10.0 Å². The molecule has 4 heteroatoms. The van der Waals surface area contributed by atoms with Crippen LogP contribution in [0.3, 0.4) is 0 Å². The number of benzene rings is 1. The van der Waals surface area contributed by atoms with Crippen molar-refractivity contribution in [1.82, 2.24) is 4.90 Å². The maximum absolute atomic E-state index is 9.86. The molecule has 0 bridgehead atoms. The monoisotopic (exact) mass is 245 g/mol. The zero-order chi connectivity index (χ0) is 11.0. The second-order valence-corrected chi connectivity index (χ2v) is 4.77. The van der Waals surface area contributed by atoms with Crippen molar-refractivity contribution < 1.29 is 5.11 Å². The van der Waals surface area contributed by atoms with Gasteiger partial charge in [-0.2, -0.15) is 0 Å². The van der Waals surface area contributed by atoms with Crippen LogP contribution in [-0.2, 0) is 0 Å². The normalized spacial score (nSPS) is 27.2. The minimum Gasteiger partial charge on any atom is -0.391 e. The number of aliphatic hydroxyl groups excluding tert-OH is 1. The molecule has 1 aromatic rings. The molecule has 1 aliphatic rings. The van der Waals surface area contributed by atoms with Crippen molar-refractivity contribution in [2.75, 3.05) is 13.6 Å². The van der Waals surface area contributed by atoms with Crippen LogP contribution in [-0.4, -0.2) is 29.7 Å². The largest absolute Gasteiger partial charge is 0.391 e. The molecular formula is C11H13Cl2NO. The number of hydrogen-bond donors (Lipinski definition) is 1. The van der Waals surface area contributed by atoms with Gasteiger partial charge in [0.15, 0.2) is 0 Å². The molecule has 0 aliphatic carbocycles. The summed E-state index contributed by atoms with van der Waals surface area (Å²) in [5, 5.41) is 10.9. The summed E-state index contributed by atoms with van der Waals surface area (Å²) in [5.74, 6) is 0. The summed E-state index contributed by atoms with van der Waals surface area (Å²) in [6.07, 6.45) is 0.494. The highest BCUT2D eigenvalue weighted by Crippen LogP contribution is 2.33. The van der Waals surface area contributed by atoms with Crippen molar-refractivity contribution in [2.45, 2.75) is 18.6 Å². The number of hydrogen-bond acceptors (Lipinski definition) is 2. The van der Waals surface area contributed by atoms with Gasteiger partial charge in [0.1, 0.15) is 0 Å². The number of aliphatic hydroxyl groups is 1. The zero-order valence-electron chi connectivity index (χ0n) is 8.45. The lowest BCUT2D eigenvalue weighted by molar-refractivity contribution is 0.127. The third-order valence-electron chi connectivity index (χ3n) is 2.90. The Bertz CT molecular complexity index is 360. The predicted molar refractivity (Wildman–Crippen MR) is 62.5 cm³/mol. The van der Waals surface area contributed by atoms with Crippen molar-refractivity contribution >= 4 is 23.2 Å². The van der Waals surface area contributed by atoms with Gasteiger partial charge in [0.05, 0.1) is 22.2 Å². The lowest BCUT2D eigenvalue weighted by Crippen LogP contribution is -2.23. The molecule has 0 saturated carbocycles. The van der Waals surface area contributed by atoms with E-state index in [1.165, 1.54) is 0 Å². The van der Waals surface area contributed by atoms with Gasteiger partial charge < -0.3 is 5.11 Å². The van der Waals surface area contributed by atoms with Crippen molar-refractivity contribution in [1.29, 1.82) is 0 Å². The Kier molecular flexibility index (Phi) is 3.21. The number of nitrogens with zero attached hydrogens (tertiary/aromatic N) is 1. The van der Waals surface area contributed by atoms with E-state index in [1.807, 2.05) is 19.2 Å². The van der Waals surface area contributed by atoms with E-state index < -0.39 is 0 Å². The highest BCUT2D eigenvalue weighted by atomic mass is 35.5. The molecule has 1 fully saturated rings. The second-order valence-electron chi connectivity index (χ2n) is 3.96. The van der Waals surface area contributed by atoms with Crippen LogP contribution in [0.4, 0.5) is 0 Å². The summed E-state index contributed by atoms with van der Waals surface area (Å²) in [6.45, 7) is 0.909. The van der Waals surface area contributed by atoms with Gasteiger partial charge in [0.2, 0.25) is 0 Å². The molecule has 2 unspecified atom stereocenters. The summed E-state index contributed by atoms with van der Waals surface area (Å²) in [7, 11) is 2.00. The fraction of sp³-hybridized carbons (Fsp3) is 0.455. The minimum atomic E-state index is -0.313. The van der Waals surface area contributed by atoms with Crippen LogP contribution in [0.25, 0.3) is 0 Å². The maximum atomic E-state index is 9.86. The van der Waals surface area contributed by atoms with Crippen LogP contribution in [0, 0.1) is 0 Å². The van der Waals surface area contributed by atoms with Gasteiger partial charge in [-0.15, -0.1) is 0 Å². The lowest BCUT2D eigenvalue weighted by Gasteiger charge is -2.22. The Morgan fingerprint density at radius 2 is 2.07 bits per heavy atom. The van der Waals surface area contributed by atoms with Crippen LogP contribution < -0.4 is 0 Å². The molecule has 2 nitrogen and oxygen atoms in total. The van der Waals surface area contributed by atoms with Crippen LogP contribution in [0.2, 0.25) is 10.0 Å². The Balaban J connectivity index is 2.32. The fourth-order valence-corrected chi connectivity index (χ4v) is 2.41. The van der Waals surface area contributed by atoms with Crippen molar-refractivity contribution in [2.24, 2.45) is 0 Å². The summed E-state index contributed by atoms with van der Waals surface area (Å²) >= 11 is 11.8. The Morgan fingerprint density at radius 3 is 2.60 bits per heavy atom. The summed E-state index contributed by atoms with van der Waals surface area (Å²) < 4.78 is 0. The van der Waals surface area contributed by atoms with Gasteiger partial charge in [0.25, 0.3) is 0 Å². The van der Waals surface area contributed by atoms with E-state index in [-0.39, 0.29) is 12.1 Å². The Morgan fingerprint density at radius 1 is 1.33 bits per heavy atom. The number of likely N-dealkylation sites (N-methyl/N-ethyl adjacent to an activating group) is 1. The summed E-state index contributed by atoms with van der Waals surface area (Å²) in [6, 6.07) is 5.57. The van der Waals surface area contributed by atoms with Gasteiger partial charge in [-0.25, -0.2) is 0 Å². The zero-order valence-corrected chi connectivity index (χ0v) is 9.96. The van der Waals surface area contributed by atoms with Crippen LogP contribution in [0.15, 0.2) is 18.2 Å². The smallest absolute Gasteiger partial charge is 0.0749 e. The van der Waals surface area contributed by atoms with E-state index in [4.69, 9.17) is 23.2 Å². The molecule has 0 amide bonds. The third-order valence-corrected chi connectivity index (χ3v) is 3.64. The minimum absolute atomic E-state index is 0.0415. The molecule has 0 radical (unpaired) electrons. The molecule has 15 heavy (non-hydrogen) atoms. The molecule has 2 rings (SSSR count). The lowest BCUT2D eigenvalue weighted by atomic mass is 10.0. The number of likely N-dealkylation sites (tertiary alicyclic amines) is 1. The van der Waals surface area contributed by atoms with Crippen LogP contribution in [0.5, 0.6) is 0 Å². The van der Waals surface area contributed by atoms with Gasteiger partial charge in [-0.1, -0.05) is 29.3 Å². The first-order valence-electron chi connectivity index (χ1n) is 4.93. The first kappa shape index (κ1) is 11.2. The van der Waals surface area contributed by atoms with E-state index in [2.05, 4.69) is 4.90 Å². The molecule has 0 aromatic heterocycles. The topological polar surface area (TPSA) is 23.5 Å².